The number of aryl methyl sites for hydroxylation is 1. The molecule has 1 aromatic carbocycles. The lowest BCUT2D eigenvalue weighted by atomic mass is 9.83. The molecule has 2 rings (SSSR count). The first-order valence-corrected chi connectivity index (χ1v) is 7.67. The number of rotatable bonds is 5. The fourth-order valence-electron chi connectivity index (χ4n) is 3.18. The maximum Gasteiger partial charge on any atom is 0.123 e. The summed E-state index contributed by atoms with van der Waals surface area (Å²) in [6.45, 7) is 5.13. The zero-order chi connectivity index (χ0) is 13.7. The maximum atomic E-state index is 13.0. The van der Waals surface area contributed by atoms with Crippen LogP contribution in [0, 0.1) is 18.7 Å². The van der Waals surface area contributed by atoms with E-state index in [1.54, 1.807) is 12.1 Å². The minimum Gasteiger partial charge on any atom is -0.310 e. The van der Waals surface area contributed by atoms with Gasteiger partial charge in [-0.15, -0.1) is 0 Å². The SMILES string of the molecule is CCCC1CCC(NCc2ccc(F)cc2C)CC1. The van der Waals surface area contributed by atoms with Crippen molar-refractivity contribution in [1.82, 2.24) is 5.32 Å². The van der Waals surface area contributed by atoms with E-state index in [2.05, 4.69) is 12.2 Å². The second kappa shape index (κ2) is 7.04. The van der Waals surface area contributed by atoms with E-state index in [-0.39, 0.29) is 5.82 Å². The molecule has 0 spiro atoms. The molecular formula is C17H26FN. The number of halogens is 1. The van der Waals surface area contributed by atoms with Crippen molar-refractivity contribution in [2.24, 2.45) is 5.92 Å². The monoisotopic (exact) mass is 263 g/mol. The molecule has 2 heteroatoms. The highest BCUT2D eigenvalue weighted by atomic mass is 19.1. The molecular weight excluding hydrogens is 237 g/mol. The molecule has 0 unspecified atom stereocenters. The highest BCUT2D eigenvalue weighted by Gasteiger charge is 2.20. The summed E-state index contributed by atoms with van der Waals surface area (Å²) in [5.41, 5.74) is 2.27. The van der Waals surface area contributed by atoms with Crippen molar-refractivity contribution in [2.75, 3.05) is 0 Å². The Kier molecular flexibility index (Phi) is 5.38. The van der Waals surface area contributed by atoms with Gasteiger partial charge in [0.15, 0.2) is 0 Å². The van der Waals surface area contributed by atoms with Crippen molar-refractivity contribution in [3.63, 3.8) is 0 Å². The second-order valence-corrected chi connectivity index (χ2v) is 5.96. The number of nitrogens with one attached hydrogen (secondary N) is 1. The van der Waals surface area contributed by atoms with E-state index in [9.17, 15) is 4.39 Å². The molecule has 0 radical (unpaired) electrons. The Labute approximate surface area is 116 Å². The van der Waals surface area contributed by atoms with Gasteiger partial charge in [-0.1, -0.05) is 25.8 Å². The Bertz CT molecular complexity index is 394. The van der Waals surface area contributed by atoms with Gasteiger partial charge in [0.1, 0.15) is 5.82 Å². The quantitative estimate of drug-likeness (QED) is 0.819. The number of hydrogen-bond acceptors (Lipinski definition) is 1. The van der Waals surface area contributed by atoms with Gasteiger partial charge in [0, 0.05) is 12.6 Å². The highest BCUT2D eigenvalue weighted by Crippen LogP contribution is 2.27. The fraction of sp³-hybridized carbons (Fsp3) is 0.647. The first-order valence-electron chi connectivity index (χ1n) is 7.67. The summed E-state index contributed by atoms with van der Waals surface area (Å²) in [6, 6.07) is 5.73. The Morgan fingerprint density at radius 3 is 2.58 bits per heavy atom. The van der Waals surface area contributed by atoms with Crippen molar-refractivity contribution in [3.05, 3.63) is 35.1 Å². The van der Waals surface area contributed by atoms with Crippen LogP contribution < -0.4 is 5.32 Å². The minimum atomic E-state index is -0.138. The van der Waals surface area contributed by atoms with Crippen LogP contribution in [-0.2, 0) is 6.54 Å². The Morgan fingerprint density at radius 1 is 1.21 bits per heavy atom. The van der Waals surface area contributed by atoms with Gasteiger partial charge in [0.25, 0.3) is 0 Å². The lowest BCUT2D eigenvalue weighted by molar-refractivity contribution is 0.277. The summed E-state index contributed by atoms with van der Waals surface area (Å²) in [4.78, 5) is 0. The molecule has 1 aromatic rings. The summed E-state index contributed by atoms with van der Waals surface area (Å²) in [7, 11) is 0. The molecule has 0 aliphatic heterocycles. The van der Waals surface area contributed by atoms with Gasteiger partial charge in [0.2, 0.25) is 0 Å². The van der Waals surface area contributed by atoms with E-state index in [1.807, 2.05) is 13.0 Å². The molecule has 0 bridgehead atoms. The molecule has 106 valence electrons. The van der Waals surface area contributed by atoms with E-state index in [1.165, 1.54) is 44.1 Å². The van der Waals surface area contributed by atoms with Crippen LogP contribution in [0.5, 0.6) is 0 Å². The van der Waals surface area contributed by atoms with Crippen LogP contribution in [0.1, 0.15) is 56.6 Å². The average Bonchev–Trinajstić information content (AvgIpc) is 2.40. The van der Waals surface area contributed by atoms with Gasteiger partial charge in [-0.05, 0) is 61.8 Å². The van der Waals surface area contributed by atoms with E-state index in [0.29, 0.717) is 6.04 Å². The largest absolute Gasteiger partial charge is 0.310 e. The van der Waals surface area contributed by atoms with E-state index in [0.717, 1.165) is 18.0 Å². The lowest BCUT2D eigenvalue weighted by Gasteiger charge is -2.29. The van der Waals surface area contributed by atoms with E-state index in [4.69, 9.17) is 0 Å². The first kappa shape index (κ1) is 14.5. The summed E-state index contributed by atoms with van der Waals surface area (Å²) in [5.74, 6) is 0.817. The molecule has 0 atom stereocenters. The number of benzene rings is 1. The van der Waals surface area contributed by atoms with Crippen molar-refractivity contribution in [3.8, 4) is 0 Å². The smallest absolute Gasteiger partial charge is 0.123 e. The van der Waals surface area contributed by atoms with Gasteiger partial charge < -0.3 is 5.32 Å². The van der Waals surface area contributed by atoms with Crippen molar-refractivity contribution >= 4 is 0 Å². The first-order chi connectivity index (χ1) is 9.19. The van der Waals surface area contributed by atoms with Gasteiger partial charge in [-0.3, -0.25) is 0 Å². The lowest BCUT2D eigenvalue weighted by Crippen LogP contribution is -2.32. The predicted octanol–water partition coefficient (Wildman–Crippen LogP) is 4.58. The zero-order valence-corrected chi connectivity index (χ0v) is 12.2. The third-order valence-electron chi connectivity index (χ3n) is 4.43. The van der Waals surface area contributed by atoms with Gasteiger partial charge >= 0.3 is 0 Å². The summed E-state index contributed by atoms with van der Waals surface area (Å²) in [5, 5.41) is 3.64. The molecule has 1 N–H and O–H groups in total. The van der Waals surface area contributed by atoms with Crippen molar-refractivity contribution < 1.29 is 4.39 Å². The summed E-state index contributed by atoms with van der Waals surface area (Å²) in [6.07, 6.45) is 8.04. The average molecular weight is 263 g/mol. The maximum absolute atomic E-state index is 13.0. The number of hydrogen-bond donors (Lipinski definition) is 1. The van der Waals surface area contributed by atoms with E-state index >= 15 is 0 Å². The Morgan fingerprint density at radius 2 is 1.95 bits per heavy atom. The highest BCUT2D eigenvalue weighted by molar-refractivity contribution is 5.26. The summed E-state index contributed by atoms with van der Waals surface area (Å²) < 4.78 is 13.0. The van der Waals surface area contributed by atoms with Crippen LogP contribution in [0.15, 0.2) is 18.2 Å². The normalized spacial score (nSPS) is 23.5. The topological polar surface area (TPSA) is 12.0 Å². The van der Waals surface area contributed by atoms with Crippen LogP contribution in [0.25, 0.3) is 0 Å². The van der Waals surface area contributed by atoms with Gasteiger partial charge in [0.05, 0.1) is 0 Å². The standard InChI is InChI=1S/C17H26FN/c1-3-4-14-5-9-17(10-6-14)19-12-15-7-8-16(18)11-13(15)2/h7-8,11,14,17,19H,3-6,9-10,12H2,1-2H3. The molecule has 1 aliphatic rings. The van der Waals surface area contributed by atoms with Crippen molar-refractivity contribution in [1.29, 1.82) is 0 Å². The fourth-order valence-corrected chi connectivity index (χ4v) is 3.18. The third-order valence-corrected chi connectivity index (χ3v) is 4.43. The van der Waals surface area contributed by atoms with Crippen LogP contribution >= 0.6 is 0 Å². The Balaban J connectivity index is 1.77. The van der Waals surface area contributed by atoms with Crippen LogP contribution in [0.2, 0.25) is 0 Å². The molecule has 1 saturated carbocycles. The molecule has 19 heavy (non-hydrogen) atoms. The van der Waals surface area contributed by atoms with Crippen LogP contribution in [-0.4, -0.2) is 6.04 Å². The van der Waals surface area contributed by atoms with Crippen LogP contribution in [0.4, 0.5) is 4.39 Å². The Hall–Kier alpha value is -0.890. The minimum absolute atomic E-state index is 0.138. The molecule has 0 heterocycles. The third kappa shape index (κ3) is 4.31. The van der Waals surface area contributed by atoms with Crippen molar-refractivity contribution in [2.45, 2.75) is 65.0 Å². The second-order valence-electron chi connectivity index (χ2n) is 5.96. The van der Waals surface area contributed by atoms with E-state index < -0.39 is 0 Å². The van der Waals surface area contributed by atoms with Gasteiger partial charge in [-0.25, -0.2) is 4.39 Å². The molecule has 0 aromatic heterocycles. The molecule has 0 saturated heterocycles. The van der Waals surface area contributed by atoms with Gasteiger partial charge in [-0.2, -0.15) is 0 Å². The predicted molar refractivity (Wildman–Crippen MR) is 78.6 cm³/mol. The summed E-state index contributed by atoms with van der Waals surface area (Å²) >= 11 is 0. The molecule has 1 nitrogen and oxygen atoms in total. The molecule has 0 amide bonds. The molecule has 1 fully saturated rings. The zero-order valence-electron chi connectivity index (χ0n) is 12.2. The molecule has 1 aliphatic carbocycles. The van der Waals surface area contributed by atoms with Crippen LogP contribution in [0.3, 0.4) is 0 Å².